The minimum Gasteiger partial charge on any atom is -0.372 e. The third-order valence-corrected chi connectivity index (χ3v) is 3.21. The molecular formula is C5H5Br2NO. The van der Waals surface area contributed by atoms with E-state index in [4.69, 9.17) is 0 Å². The summed E-state index contributed by atoms with van der Waals surface area (Å²) in [7, 11) is 0. The molecule has 1 heterocycles. The monoisotopic (exact) mass is 253 g/mol. The summed E-state index contributed by atoms with van der Waals surface area (Å²) in [6, 6.07) is 0. The van der Waals surface area contributed by atoms with E-state index in [9.17, 15) is 5.11 Å². The highest BCUT2D eigenvalue weighted by Crippen LogP contribution is 2.29. The second-order valence-electron chi connectivity index (χ2n) is 1.72. The molecule has 0 saturated carbocycles. The molecule has 2 unspecified atom stereocenters. The van der Waals surface area contributed by atoms with Gasteiger partial charge in [-0.1, -0.05) is 15.9 Å². The van der Waals surface area contributed by atoms with Crippen LogP contribution in [0.25, 0.3) is 0 Å². The largest absolute Gasteiger partial charge is 0.372 e. The van der Waals surface area contributed by atoms with Gasteiger partial charge in [0.05, 0.1) is 0 Å². The Hall–Kier alpha value is 0.330. The zero-order chi connectivity index (χ0) is 6.91. The smallest absolute Gasteiger partial charge is 0.170 e. The summed E-state index contributed by atoms with van der Waals surface area (Å²) in [5.41, 5.74) is 0. The van der Waals surface area contributed by atoms with Crippen molar-refractivity contribution in [3.8, 4) is 0 Å². The Balaban J connectivity index is 2.78. The van der Waals surface area contributed by atoms with Crippen LogP contribution in [0.2, 0.25) is 0 Å². The van der Waals surface area contributed by atoms with Crippen LogP contribution in [0.5, 0.6) is 0 Å². The van der Waals surface area contributed by atoms with E-state index in [0.29, 0.717) is 0 Å². The third-order valence-electron chi connectivity index (χ3n) is 0.967. The first-order chi connectivity index (χ1) is 4.13. The Morgan fingerprint density at radius 3 is 2.67 bits per heavy atom. The van der Waals surface area contributed by atoms with Gasteiger partial charge in [-0.3, -0.25) is 4.99 Å². The fraction of sp³-hybridized carbons (Fsp3) is 0.400. The van der Waals surface area contributed by atoms with Crippen molar-refractivity contribution in [3.05, 3.63) is 12.2 Å². The summed E-state index contributed by atoms with van der Waals surface area (Å²) in [6.45, 7) is 0. The second kappa shape index (κ2) is 2.52. The van der Waals surface area contributed by atoms with Gasteiger partial charge >= 0.3 is 0 Å². The molecule has 2 nitrogen and oxygen atoms in total. The van der Waals surface area contributed by atoms with Crippen LogP contribution in [0.4, 0.5) is 0 Å². The van der Waals surface area contributed by atoms with Gasteiger partial charge in [-0.15, -0.1) is 0 Å². The number of aliphatic hydroxyl groups is 1. The second-order valence-corrected chi connectivity index (χ2v) is 3.86. The molecule has 0 aromatic heterocycles. The van der Waals surface area contributed by atoms with Crippen LogP contribution in [0.1, 0.15) is 0 Å². The van der Waals surface area contributed by atoms with Gasteiger partial charge in [0.25, 0.3) is 0 Å². The minimum absolute atomic E-state index is 0.282. The zero-order valence-electron chi connectivity index (χ0n) is 4.46. The van der Waals surface area contributed by atoms with E-state index in [-0.39, 0.29) is 4.95 Å². The molecule has 50 valence electrons. The lowest BCUT2D eigenvalue weighted by Crippen LogP contribution is -2.29. The van der Waals surface area contributed by atoms with E-state index in [1.165, 1.54) is 0 Å². The highest BCUT2D eigenvalue weighted by Gasteiger charge is 2.29. The van der Waals surface area contributed by atoms with Gasteiger partial charge in [0.2, 0.25) is 0 Å². The van der Waals surface area contributed by atoms with Gasteiger partial charge in [0.15, 0.2) is 4.51 Å². The molecule has 4 heteroatoms. The Morgan fingerprint density at radius 1 is 1.67 bits per heavy atom. The maximum absolute atomic E-state index is 9.31. The van der Waals surface area contributed by atoms with Gasteiger partial charge < -0.3 is 5.11 Å². The summed E-state index contributed by atoms with van der Waals surface area (Å²) >= 11 is 6.23. The van der Waals surface area contributed by atoms with Gasteiger partial charge in [-0.25, -0.2) is 0 Å². The van der Waals surface area contributed by atoms with Crippen molar-refractivity contribution in [1.29, 1.82) is 0 Å². The molecule has 0 aromatic carbocycles. The van der Waals surface area contributed by atoms with E-state index in [0.717, 1.165) is 0 Å². The summed E-state index contributed by atoms with van der Waals surface area (Å²) in [4.78, 5) is 3.61. The molecule has 1 aliphatic rings. The van der Waals surface area contributed by atoms with Crippen LogP contribution in [-0.2, 0) is 0 Å². The third kappa shape index (κ3) is 1.63. The quantitative estimate of drug-likeness (QED) is 0.515. The maximum atomic E-state index is 9.31. The fourth-order valence-corrected chi connectivity index (χ4v) is 1.05. The van der Waals surface area contributed by atoms with E-state index < -0.39 is 4.51 Å². The van der Waals surface area contributed by atoms with E-state index in [2.05, 4.69) is 36.9 Å². The molecule has 0 saturated heterocycles. The Morgan fingerprint density at radius 2 is 2.33 bits per heavy atom. The number of rotatable bonds is 0. The van der Waals surface area contributed by atoms with Gasteiger partial charge in [-0.2, -0.15) is 0 Å². The normalized spacial score (nSPS) is 41.4. The SMILES string of the molecule is OC1(Br)C=CC=NC1Br. The Labute approximate surface area is 69.9 Å². The molecule has 1 aliphatic heterocycles. The average Bonchev–Trinajstić information content (AvgIpc) is 1.77. The van der Waals surface area contributed by atoms with Crippen LogP contribution in [0, 0.1) is 0 Å². The Kier molecular flexibility index (Phi) is 2.08. The molecule has 0 aromatic rings. The van der Waals surface area contributed by atoms with Gasteiger partial charge in [-0.05, 0) is 28.1 Å². The van der Waals surface area contributed by atoms with Crippen molar-refractivity contribution < 1.29 is 5.11 Å². The first-order valence-corrected chi connectivity index (χ1v) is 4.10. The Bertz CT molecular complexity index is 164. The molecule has 0 bridgehead atoms. The van der Waals surface area contributed by atoms with E-state index >= 15 is 0 Å². The highest BCUT2D eigenvalue weighted by molar-refractivity contribution is 9.12. The van der Waals surface area contributed by atoms with E-state index in [1.54, 1.807) is 18.4 Å². The molecule has 0 spiro atoms. The standard InChI is InChI=1S/C5H5Br2NO/c6-4-5(7,9)2-1-3-8-4/h1-4,9H. The zero-order valence-corrected chi connectivity index (χ0v) is 7.63. The lowest BCUT2D eigenvalue weighted by molar-refractivity contribution is 0.195. The lowest BCUT2D eigenvalue weighted by atomic mass is 10.3. The topological polar surface area (TPSA) is 32.6 Å². The number of nitrogens with zero attached hydrogens (tertiary/aromatic N) is 1. The number of alkyl halides is 2. The number of halogens is 2. The van der Waals surface area contributed by atoms with Crippen LogP contribution in [0.15, 0.2) is 17.1 Å². The summed E-state index contributed by atoms with van der Waals surface area (Å²) in [5.74, 6) is 0. The molecule has 0 radical (unpaired) electrons. The fourth-order valence-electron chi connectivity index (χ4n) is 0.487. The van der Waals surface area contributed by atoms with Crippen molar-refractivity contribution in [2.45, 2.75) is 9.46 Å². The van der Waals surface area contributed by atoms with E-state index in [1.807, 2.05) is 0 Å². The molecule has 9 heavy (non-hydrogen) atoms. The minimum atomic E-state index is -1.01. The summed E-state index contributed by atoms with van der Waals surface area (Å²) in [6.07, 6.45) is 4.95. The molecule has 1 N–H and O–H groups in total. The van der Waals surface area contributed by atoms with Crippen molar-refractivity contribution >= 4 is 38.1 Å². The van der Waals surface area contributed by atoms with Crippen LogP contribution >= 0.6 is 31.9 Å². The number of dihydropyridines is 1. The first kappa shape index (κ1) is 7.44. The lowest BCUT2D eigenvalue weighted by Gasteiger charge is -2.21. The maximum Gasteiger partial charge on any atom is 0.170 e. The molecule has 2 atom stereocenters. The molecule has 1 rings (SSSR count). The number of aliphatic imine (C=N–C) groups is 1. The van der Waals surface area contributed by atoms with Crippen molar-refractivity contribution in [2.24, 2.45) is 4.99 Å². The molecule has 0 aliphatic carbocycles. The number of hydrogen-bond acceptors (Lipinski definition) is 2. The number of allylic oxidation sites excluding steroid dienone is 1. The van der Waals surface area contributed by atoms with Crippen LogP contribution < -0.4 is 0 Å². The van der Waals surface area contributed by atoms with Gasteiger partial charge in [0, 0.05) is 6.21 Å². The van der Waals surface area contributed by atoms with Crippen LogP contribution in [0.3, 0.4) is 0 Å². The van der Waals surface area contributed by atoms with Gasteiger partial charge in [0.1, 0.15) is 4.95 Å². The molecule has 0 amide bonds. The molecular weight excluding hydrogens is 250 g/mol. The predicted molar refractivity (Wildman–Crippen MR) is 44.2 cm³/mol. The molecule has 0 fully saturated rings. The highest BCUT2D eigenvalue weighted by atomic mass is 79.9. The first-order valence-electron chi connectivity index (χ1n) is 2.39. The van der Waals surface area contributed by atoms with Crippen LogP contribution in [-0.4, -0.2) is 20.8 Å². The average molecular weight is 255 g/mol. The number of hydrogen-bond donors (Lipinski definition) is 1. The van der Waals surface area contributed by atoms with Crippen molar-refractivity contribution in [3.63, 3.8) is 0 Å². The summed E-state index contributed by atoms with van der Waals surface area (Å²) < 4.78 is -1.01. The van der Waals surface area contributed by atoms with Crippen molar-refractivity contribution in [2.75, 3.05) is 0 Å². The van der Waals surface area contributed by atoms with Crippen molar-refractivity contribution in [1.82, 2.24) is 0 Å². The predicted octanol–water partition coefficient (Wildman–Crippen LogP) is 1.43. The summed E-state index contributed by atoms with van der Waals surface area (Å²) in [5, 5.41) is 9.31.